The third-order valence-electron chi connectivity index (χ3n) is 1.91. The summed E-state index contributed by atoms with van der Waals surface area (Å²) in [5.41, 5.74) is 1.17. The van der Waals surface area contributed by atoms with Crippen LogP contribution in [0.1, 0.15) is 29.8 Å². The Bertz CT molecular complexity index is 345. The lowest BCUT2D eigenvalue weighted by Crippen LogP contribution is -1.95. The molecule has 0 saturated carbocycles. The molecule has 3 heteroatoms. The summed E-state index contributed by atoms with van der Waals surface area (Å²) in [6.45, 7) is 3.38. The number of hydrogen-bond acceptors (Lipinski definition) is 2. The zero-order chi connectivity index (χ0) is 10.0. The second-order valence-corrected chi connectivity index (χ2v) is 3.79. The zero-order valence-corrected chi connectivity index (χ0v) is 9.18. The number of hydrogen-bond donors (Lipinski definition) is 1. The van der Waals surface area contributed by atoms with Gasteiger partial charge in [0.2, 0.25) is 0 Å². The predicted molar refractivity (Wildman–Crippen MR) is 55.2 cm³/mol. The smallest absolute Gasteiger partial charge is 0.163 e. The summed E-state index contributed by atoms with van der Waals surface area (Å²) in [5, 5.41) is 9.64. The molecule has 2 nitrogen and oxygen atoms in total. The van der Waals surface area contributed by atoms with E-state index in [9.17, 15) is 9.90 Å². The van der Waals surface area contributed by atoms with E-state index in [1.807, 2.05) is 13.0 Å². The summed E-state index contributed by atoms with van der Waals surface area (Å²) >= 11 is 3.29. The number of carbonyl (C=O) groups is 1. The first-order valence-corrected chi connectivity index (χ1v) is 4.88. The Balaban J connectivity index is 3.35. The molecular weight excluding hydrogens is 232 g/mol. The van der Waals surface area contributed by atoms with E-state index < -0.39 is 0 Å². The number of phenolic OH excluding ortho intramolecular Hbond substituents is 1. The fourth-order valence-corrected chi connectivity index (χ4v) is 1.70. The van der Waals surface area contributed by atoms with E-state index in [4.69, 9.17) is 0 Å². The molecule has 0 bridgehead atoms. The van der Waals surface area contributed by atoms with Gasteiger partial charge < -0.3 is 5.11 Å². The molecule has 1 aromatic carbocycles. The van der Waals surface area contributed by atoms with E-state index >= 15 is 0 Å². The second-order valence-electron chi connectivity index (χ2n) is 2.87. The van der Waals surface area contributed by atoms with E-state index in [2.05, 4.69) is 15.9 Å². The number of aryl methyl sites for hydroxylation is 1. The minimum Gasteiger partial charge on any atom is -0.507 e. The maximum absolute atomic E-state index is 11.1. The van der Waals surface area contributed by atoms with Gasteiger partial charge in [0.1, 0.15) is 5.75 Å². The van der Waals surface area contributed by atoms with Crippen LogP contribution < -0.4 is 0 Å². The normalized spacial score (nSPS) is 10.1. The topological polar surface area (TPSA) is 37.3 Å². The van der Waals surface area contributed by atoms with Gasteiger partial charge in [-0.2, -0.15) is 0 Å². The van der Waals surface area contributed by atoms with Gasteiger partial charge in [-0.3, -0.25) is 4.79 Å². The van der Waals surface area contributed by atoms with Gasteiger partial charge in [0.05, 0.1) is 5.56 Å². The molecule has 13 heavy (non-hydrogen) atoms. The van der Waals surface area contributed by atoms with Crippen LogP contribution in [-0.2, 0) is 6.42 Å². The standard InChI is InChI=1S/C10H11BrO2/c1-3-7-4-8(11)5-9(6(2)12)10(7)13/h4-5,13H,3H2,1-2H3. The van der Waals surface area contributed by atoms with Crippen LogP contribution in [0.15, 0.2) is 16.6 Å². The summed E-state index contributed by atoms with van der Waals surface area (Å²) in [7, 11) is 0. The maximum atomic E-state index is 11.1. The lowest BCUT2D eigenvalue weighted by Gasteiger charge is -2.06. The molecule has 70 valence electrons. The Morgan fingerprint density at radius 2 is 2.15 bits per heavy atom. The van der Waals surface area contributed by atoms with Gasteiger partial charge in [-0.05, 0) is 31.0 Å². The molecule has 0 radical (unpaired) electrons. The van der Waals surface area contributed by atoms with Crippen molar-refractivity contribution in [3.05, 3.63) is 27.7 Å². The molecule has 0 fully saturated rings. The van der Waals surface area contributed by atoms with Gasteiger partial charge in [0.15, 0.2) is 5.78 Å². The Hall–Kier alpha value is -0.830. The van der Waals surface area contributed by atoms with E-state index in [1.54, 1.807) is 6.07 Å². The molecule has 0 aromatic heterocycles. The van der Waals surface area contributed by atoms with E-state index in [0.717, 1.165) is 10.0 Å². The van der Waals surface area contributed by atoms with Gasteiger partial charge in [0.25, 0.3) is 0 Å². The molecule has 0 saturated heterocycles. The Labute approximate surface area is 85.7 Å². The zero-order valence-electron chi connectivity index (χ0n) is 7.60. The molecule has 1 N–H and O–H groups in total. The van der Waals surface area contributed by atoms with Crippen molar-refractivity contribution < 1.29 is 9.90 Å². The Morgan fingerprint density at radius 3 is 2.62 bits per heavy atom. The molecule has 0 heterocycles. The van der Waals surface area contributed by atoms with Crippen LogP contribution in [0.3, 0.4) is 0 Å². The molecule has 0 spiro atoms. The minimum atomic E-state index is -0.117. The number of phenols is 1. The first-order chi connectivity index (χ1) is 6.06. The molecular formula is C10H11BrO2. The number of aromatic hydroxyl groups is 1. The van der Waals surface area contributed by atoms with Crippen LogP contribution in [0.4, 0.5) is 0 Å². The third kappa shape index (κ3) is 2.10. The highest BCUT2D eigenvalue weighted by Gasteiger charge is 2.10. The SMILES string of the molecule is CCc1cc(Br)cc(C(C)=O)c1O. The molecule has 0 aliphatic rings. The largest absolute Gasteiger partial charge is 0.507 e. The lowest BCUT2D eigenvalue weighted by atomic mass is 10.0. The highest BCUT2D eigenvalue weighted by molar-refractivity contribution is 9.10. The summed E-state index contributed by atoms with van der Waals surface area (Å²) < 4.78 is 0.826. The Morgan fingerprint density at radius 1 is 1.54 bits per heavy atom. The first-order valence-electron chi connectivity index (χ1n) is 4.08. The van der Waals surface area contributed by atoms with Crippen molar-refractivity contribution in [3.63, 3.8) is 0 Å². The monoisotopic (exact) mass is 242 g/mol. The highest BCUT2D eigenvalue weighted by atomic mass is 79.9. The number of Topliss-reactive ketones (excluding diaryl/α,β-unsaturated/α-hetero) is 1. The number of benzene rings is 1. The third-order valence-corrected chi connectivity index (χ3v) is 2.37. The fourth-order valence-electron chi connectivity index (χ4n) is 1.19. The number of carbonyl (C=O) groups excluding carboxylic acids is 1. The molecule has 0 unspecified atom stereocenters. The molecule has 0 amide bonds. The summed E-state index contributed by atoms with van der Waals surface area (Å²) in [5.74, 6) is -0.00769. The molecule has 0 atom stereocenters. The van der Waals surface area contributed by atoms with Crippen LogP contribution >= 0.6 is 15.9 Å². The van der Waals surface area contributed by atoms with Crippen molar-refractivity contribution in [2.45, 2.75) is 20.3 Å². The average molecular weight is 243 g/mol. The van der Waals surface area contributed by atoms with Crippen molar-refractivity contribution >= 4 is 21.7 Å². The minimum absolute atomic E-state index is 0.109. The van der Waals surface area contributed by atoms with E-state index in [1.165, 1.54) is 6.92 Å². The lowest BCUT2D eigenvalue weighted by molar-refractivity contribution is 0.101. The van der Waals surface area contributed by atoms with Crippen LogP contribution in [0.25, 0.3) is 0 Å². The molecule has 1 rings (SSSR count). The van der Waals surface area contributed by atoms with Crippen molar-refractivity contribution in [3.8, 4) is 5.75 Å². The second kappa shape index (κ2) is 3.92. The summed E-state index contributed by atoms with van der Waals surface area (Å²) in [6.07, 6.45) is 0.714. The average Bonchev–Trinajstić information content (AvgIpc) is 2.08. The maximum Gasteiger partial charge on any atom is 0.163 e. The van der Waals surface area contributed by atoms with Gasteiger partial charge in [0, 0.05) is 4.47 Å². The van der Waals surface area contributed by atoms with Crippen LogP contribution in [-0.4, -0.2) is 10.9 Å². The summed E-state index contributed by atoms with van der Waals surface area (Å²) in [4.78, 5) is 11.1. The van der Waals surface area contributed by atoms with Crippen LogP contribution in [0.2, 0.25) is 0 Å². The fraction of sp³-hybridized carbons (Fsp3) is 0.300. The predicted octanol–water partition coefficient (Wildman–Crippen LogP) is 2.92. The van der Waals surface area contributed by atoms with Crippen molar-refractivity contribution in [1.82, 2.24) is 0 Å². The first kappa shape index (κ1) is 10.3. The quantitative estimate of drug-likeness (QED) is 0.811. The van der Waals surface area contributed by atoms with Gasteiger partial charge in [-0.1, -0.05) is 22.9 Å². The van der Waals surface area contributed by atoms with E-state index in [0.29, 0.717) is 12.0 Å². The number of halogens is 1. The molecule has 1 aromatic rings. The van der Waals surface area contributed by atoms with Crippen molar-refractivity contribution in [2.24, 2.45) is 0 Å². The van der Waals surface area contributed by atoms with Crippen molar-refractivity contribution in [1.29, 1.82) is 0 Å². The van der Waals surface area contributed by atoms with Crippen LogP contribution in [0.5, 0.6) is 5.75 Å². The van der Waals surface area contributed by atoms with Crippen molar-refractivity contribution in [2.75, 3.05) is 0 Å². The highest BCUT2D eigenvalue weighted by Crippen LogP contribution is 2.27. The molecule has 0 aliphatic carbocycles. The van der Waals surface area contributed by atoms with Gasteiger partial charge in [-0.25, -0.2) is 0 Å². The number of ketones is 1. The van der Waals surface area contributed by atoms with Gasteiger partial charge in [-0.15, -0.1) is 0 Å². The summed E-state index contributed by atoms with van der Waals surface area (Å²) in [6, 6.07) is 3.46. The molecule has 0 aliphatic heterocycles. The van der Waals surface area contributed by atoms with Gasteiger partial charge >= 0.3 is 0 Å². The van der Waals surface area contributed by atoms with Crippen LogP contribution in [0, 0.1) is 0 Å². The van der Waals surface area contributed by atoms with E-state index in [-0.39, 0.29) is 11.5 Å². The Kier molecular flexibility index (Phi) is 3.09. The number of rotatable bonds is 2.